The number of carbonyl (C=O) groups excluding carboxylic acids is 1. The van der Waals surface area contributed by atoms with Gasteiger partial charge in [-0.1, -0.05) is 34.1 Å². The van der Waals surface area contributed by atoms with E-state index in [9.17, 15) is 4.79 Å². The SMILES string of the molecule is CCC(C)CC(C)N1C(=O)C(C)(CC)NC1CC. The van der Waals surface area contributed by atoms with Crippen molar-refractivity contribution >= 4 is 5.91 Å². The number of carbonyl (C=O) groups is 1. The lowest BCUT2D eigenvalue weighted by Crippen LogP contribution is -2.44. The van der Waals surface area contributed by atoms with Crippen LogP contribution in [0.1, 0.15) is 67.2 Å². The largest absolute Gasteiger partial charge is 0.323 e. The van der Waals surface area contributed by atoms with Crippen molar-refractivity contribution in [3.05, 3.63) is 0 Å². The number of rotatable bonds is 6. The summed E-state index contributed by atoms with van der Waals surface area (Å²) in [5.74, 6) is 0.964. The molecule has 3 heteroatoms. The molecule has 0 spiro atoms. The molecule has 3 nitrogen and oxygen atoms in total. The second kappa shape index (κ2) is 6.05. The van der Waals surface area contributed by atoms with Crippen molar-refractivity contribution in [1.82, 2.24) is 10.2 Å². The van der Waals surface area contributed by atoms with Crippen LogP contribution in [0.3, 0.4) is 0 Å². The molecule has 1 N–H and O–H groups in total. The molecule has 0 aromatic carbocycles. The lowest BCUT2D eigenvalue weighted by Gasteiger charge is -2.31. The number of hydrogen-bond acceptors (Lipinski definition) is 2. The first-order valence-electron chi connectivity index (χ1n) is 7.50. The average Bonchev–Trinajstić information content (AvgIpc) is 2.62. The Labute approximate surface area is 112 Å². The van der Waals surface area contributed by atoms with Crippen LogP contribution in [0, 0.1) is 5.92 Å². The number of nitrogens with zero attached hydrogens (tertiary/aromatic N) is 1. The van der Waals surface area contributed by atoms with Crippen LogP contribution in [-0.2, 0) is 4.79 Å². The van der Waals surface area contributed by atoms with E-state index in [1.165, 1.54) is 6.42 Å². The summed E-state index contributed by atoms with van der Waals surface area (Å²) in [6.07, 6.45) is 4.32. The molecule has 1 saturated heterocycles. The van der Waals surface area contributed by atoms with Crippen molar-refractivity contribution in [1.29, 1.82) is 0 Å². The third-order valence-corrected chi connectivity index (χ3v) is 4.54. The summed E-state index contributed by atoms with van der Waals surface area (Å²) in [6, 6.07) is 0.332. The molecule has 1 aliphatic rings. The van der Waals surface area contributed by atoms with Gasteiger partial charge in [-0.25, -0.2) is 0 Å². The Balaban J connectivity index is 2.82. The summed E-state index contributed by atoms with van der Waals surface area (Å²) >= 11 is 0. The normalized spacial score (nSPS) is 31.8. The standard InChI is InChI=1S/C15H30N2O/c1-7-11(4)10-12(5)17-13(8-2)16-15(6,9-3)14(17)18/h11-13,16H,7-10H2,1-6H3. The topological polar surface area (TPSA) is 32.3 Å². The monoisotopic (exact) mass is 254 g/mol. The number of amides is 1. The Morgan fingerprint density at radius 3 is 2.39 bits per heavy atom. The van der Waals surface area contributed by atoms with E-state index in [4.69, 9.17) is 0 Å². The van der Waals surface area contributed by atoms with Crippen LogP contribution in [0.15, 0.2) is 0 Å². The maximum Gasteiger partial charge on any atom is 0.244 e. The van der Waals surface area contributed by atoms with Crippen molar-refractivity contribution in [3.63, 3.8) is 0 Å². The van der Waals surface area contributed by atoms with Gasteiger partial charge in [-0.15, -0.1) is 0 Å². The van der Waals surface area contributed by atoms with E-state index in [1.54, 1.807) is 0 Å². The Morgan fingerprint density at radius 2 is 1.94 bits per heavy atom. The number of nitrogens with one attached hydrogen (secondary N) is 1. The average molecular weight is 254 g/mol. The van der Waals surface area contributed by atoms with Crippen molar-refractivity contribution in [2.45, 2.75) is 85.0 Å². The minimum absolute atomic E-state index is 0.210. The van der Waals surface area contributed by atoms with Gasteiger partial charge in [-0.2, -0.15) is 0 Å². The molecule has 0 saturated carbocycles. The van der Waals surface area contributed by atoms with Crippen LogP contribution in [0.25, 0.3) is 0 Å². The van der Waals surface area contributed by atoms with E-state index >= 15 is 0 Å². The molecule has 1 fully saturated rings. The third-order valence-electron chi connectivity index (χ3n) is 4.54. The second-order valence-electron chi connectivity index (χ2n) is 6.06. The molecule has 0 aromatic heterocycles. The highest BCUT2D eigenvalue weighted by Crippen LogP contribution is 2.29. The Bertz CT molecular complexity index is 292. The quantitative estimate of drug-likeness (QED) is 0.789. The Kier molecular flexibility index (Phi) is 5.20. The first-order chi connectivity index (χ1) is 8.39. The molecule has 106 valence electrons. The molecule has 1 heterocycles. The van der Waals surface area contributed by atoms with E-state index in [1.807, 2.05) is 6.92 Å². The van der Waals surface area contributed by atoms with Crippen LogP contribution in [0.4, 0.5) is 0 Å². The summed E-state index contributed by atoms with van der Waals surface area (Å²) in [5, 5.41) is 3.52. The minimum Gasteiger partial charge on any atom is -0.323 e. The lowest BCUT2D eigenvalue weighted by molar-refractivity contribution is -0.135. The van der Waals surface area contributed by atoms with Gasteiger partial charge in [-0.05, 0) is 39.0 Å². The van der Waals surface area contributed by atoms with Gasteiger partial charge in [0.05, 0.1) is 11.7 Å². The molecule has 0 radical (unpaired) electrons. The molecule has 1 amide bonds. The van der Waals surface area contributed by atoms with E-state index in [0.717, 1.165) is 19.3 Å². The first kappa shape index (κ1) is 15.5. The summed E-state index contributed by atoms with van der Waals surface area (Å²) in [5.41, 5.74) is -0.357. The highest BCUT2D eigenvalue weighted by molar-refractivity contribution is 5.88. The van der Waals surface area contributed by atoms with Gasteiger partial charge in [0.1, 0.15) is 0 Å². The molecule has 0 aliphatic carbocycles. The van der Waals surface area contributed by atoms with E-state index in [0.29, 0.717) is 12.0 Å². The number of hydrogen-bond donors (Lipinski definition) is 1. The van der Waals surface area contributed by atoms with Crippen molar-refractivity contribution in [2.75, 3.05) is 0 Å². The van der Waals surface area contributed by atoms with Gasteiger partial charge in [-0.3, -0.25) is 10.1 Å². The second-order valence-corrected chi connectivity index (χ2v) is 6.06. The van der Waals surface area contributed by atoms with E-state index in [-0.39, 0.29) is 17.6 Å². The van der Waals surface area contributed by atoms with Crippen LogP contribution < -0.4 is 5.32 Å². The lowest BCUT2D eigenvalue weighted by atomic mass is 9.96. The van der Waals surface area contributed by atoms with E-state index < -0.39 is 0 Å². The van der Waals surface area contributed by atoms with Crippen molar-refractivity contribution in [2.24, 2.45) is 5.92 Å². The van der Waals surface area contributed by atoms with Crippen LogP contribution in [0.2, 0.25) is 0 Å². The highest BCUT2D eigenvalue weighted by Gasteiger charge is 2.47. The summed E-state index contributed by atoms with van der Waals surface area (Å²) in [4.78, 5) is 14.7. The van der Waals surface area contributed by atoms with Gasteiger partial charge < -0.3 is 4.90 Å². The summed E-state index contributed by atoms with van der Waals surface area (Å²) in [7, 11) is 0. The molecule has 0 aromatic rings. The van der Waals surface area contributed by atoms with Gasteiger partial charge >= 0.3 is 0 Å². The molecule has 4 atom stereocenters. The zero-order valence-corrected chi connectivity index (χ0v) is 12.9. The van der Waals surface area contributed by atoms with E-state index in [2.05, 4.69) is 44.8 Å². The minimum atomic E-state index is -0.357. The Hall–Kier alpha value is -0.570. The van der Waals surface area contributed by atoms with Crippen LogP contribution in [0.5, 0.6) is 0 Å². The smallest absolute Gasteiger partial charge is 0.244 e. The molecule has 1 rings (SSSR count). The van der Waals surface area contributed by atoms with Gasteiger partial charge in [0, 0.05) is 6.04 Å². The fourth-order valence-electron chi connectivity index (χ4n) is 2.85. The zero-order chi connectivity index (χ0) is 13.9. The van der Waals surface area contributed by atoms with Crippen LogP contribution >= 0.6 is 0 Å². The van der Waals surface area contributed by atoms with Crippen molar-refractivity contribution < 1.29 is 4.79 Å². The van der Waals surface area contributed by atoms with Crippen LogP contribution in [-0.4, -0.2) is 28.6 Å². The highest BCUT2D eigenvalue weighted by atomic mass is 16.2. The predicted molar refractivity (Wildman–Crippen MR) is 76.3 cm³/mol. The first-order valence-corrected chi connectivity index (χ1v) is 7.50. The molecule has 4 unspecified atom stereocenters. The van der Waals surface area contributed by atoms with Crippen molar-refractivity contribution in [3.8, 4) is 0 Å². The molecular formula is C15H30N2O. The predicted octanol–water partition coefficient (Wildman–Crippen LogP) is 3.15. The summed E-state index contributed by atoms with van der Waals surface area (Å²) < 4.78 is 0. The summed E-state index contributed by atoms with van der Waals surface area (Å²) in [6.45, 7) is 12.9. The van der Waals surface area contributed by atoms with Gasteiger partial charge in [0.2, 0.25) is 5.91 Å². The molecule has 1 aliphatic heterocycles. The van der Waals surface area contributed by atoms with Gasteiger partial charge in [0.25, 0.3) is 0 Å². The van der Waals surface area contributed by atoms with Gasteiger partial charge in [0.15, 0.2) is 0 Å². The molecular weight excluding hydrogens is 224 g/mol. The zero-order valence-electron chi connectivity index (χ0n) is 12.9. The molecule has 18 heavy (non-hydrogen) atoms. The maximum atomic E-state index is 12.6. The molecule has 0 bridgehead atoms. The Morgan fingerprint density at radius 1 is 1.33 bits per heavy atom. The third kappa shape index (κ3) is 2.87. The fraction of sp³-hybridized carbons (Fsp3) is 0.933. The fourth-order valence-corrected chi connectivity index (χ4v) is 2.85. The maximum absolute atomic E-state index is 12.6.